The van der Waals surface area contributed by atoms with Crippen molar-refractivity contribution < 1.29 is 19.9 Å². The van der Waals surface area contributed by atoms with E-state index >= 15 is 0 Å². The molecule has 0 amide bonds. The second-order valence-electron chi connectivity index (χ2n) is 7.81. The maximum Gasteiger partial charge on any atom is 0.451 e. The maximum absolute atomic E-state index is 11.9. The molecule has 0 aromatic carbocycles. The van der Waals surface area contributed by atoms with Crippen molar-refractivity contribution in [1.29, 1.82) is 0 Å². The van der Waals surface area contributed by atoms with Gasteiger partial charge in [0.25, 0.3) is 0 Å². The van der Waals surface area contributed by atoms with E-state index in [0.717, 1.165) is 0 Å². The van der Waals surface area contributed by atoms with Crippen molar-refractivity contribution in [3.8, 4) is 0 Å². The topological polar surface area (TPSA) is 107 Å². The molecule has 1 saturated carbocycles. The molecule has 1 unspecified atom stereocenters. The number of hydrogen-bond donors (Lipinski definition) is 4. The molecule has 0 bridgehead atoms. The van der Waals surface area contributed by atoms with Crippen molar-refractivity contribution in [2.45, 2.75) is 57.9 Å². The first-order valence-electron chi connectivity index (χ1n) is 7.96. The van der Waals surface area contributed by atoms with Gasteiger partial charge in [-0.25, -0.2) is 0 Å². The number of nitrogens with two attached hydrogens (primary N) is 1. The maximum atomic E-state index is 11.9. The number of hydrogen-bond acceptors (Lipinski definition) is 5. The van der Waals surface area contributed by atoms with Gasteiger partial charge in [0.15, 0.2) is 0 Å². The lowest BCUT2D eigenvalue weighted by Gasteiger charge is -2.53. The molecule has 0 aliphatic heterocycles. The van der Waals surface area contributed by atoms with Crippen LogP contribution in [0.25, 0.3) is 0 Å². The molecule has 7 heteroatoms. The minimum absolute atomic E-state index is 0.0565. The van der Waals surface area contributed by atoms with E-state index in [4.69, 9.17) is 15.8 Å². The lowest BCUT2D eigenvalue weighted by molar-refractivity contribution is -0.152. The number of carbonyl (C=O) groups is 1. The van der Waals surface area contributed by atoms with E-state index in [1.165, 1.54) is 0 Å². The summed E-state index contributed by atoms with van der Waals surface area (Å²) < 4.78 is 0. The average molecular weight is 314 g/mol. The SMILES string of the molecule is CC([C@@H]1CC(C)(C)[C@@H](CCB(O)O)C[C@]1(N)C(=O)O)N(C)C. The minimum Gasteiger partial charge on any atom is -0.480 e. The van der Waals surface area contributed by atoms with E-state index in [9.17, 15) is 9.90 Å². The fourth-order valence-corrected chi connectivity index (χ4v) is 3.80. The third kappa shape index (κ3) is 4.01. The summed E-state index contributed by atoms with van der Waals surface area (Å²) in [5, 5.41) is 27.9. The molecular formula is C15H31BN2O4. The first-order chi connectivity index (χ1) is 9.91. The van der Waals surface area contributed by atoms with E-state index in [2.05, 4.69) is 13.8 Å². The Morgan fingerprint density at radius 1 is 1.36 bits per heavy atom. The van der Waals surface area contributed by atoms with E-state index in [1.807, 2.05) is 25.9 Å². The van der Waals surface area contributed by atoms with Crippen LogP contribution in [0.3, 0.4) is 0 Å². The normalized spacial score (nSPS) is 32.8. The zero-order valence-corrected chi connectivity index (χ0v) is 14.4. The number of nitrogens with zero attached hydrogens (tertiary/aromatic N) is 1. The summed E-state index contributed by atoms with van der Waals surface area (Å²) in [7, 11) is 2.52. The molecule has 5 N–H and O–H groups in total. The fourth-order valence-electron chi connectivity index (χ4n) is 3.80. The Balaban J connectivity index is 3.07. The lowest BCUT2D eigenvalue weighted by Crippen LogP contribution is -2.64. The highest BCUT2D eigenvalue weighted by Gasteiger charge is 2.54. The summed E-state index contributed by atoms with van der Waals surface area (Å²) in [4.78, 5) is 13.9. The van der Waals surface area contributed by atoms with Crippen LogP contribution in [0.5, 0.6) is 0 Å². The van der Waals surface area contributed by atoms with Crippen LogP contribution in [0.2, 0.25) is 6.32 Å². The molecule has 0 radical (unpaired) electrons. The van der Waals surface area contributed by atoms with Gasteiger partial charge in [-0.15, -0.1) is 0 Å². The Hall–Kier alpha value is -0.625. The summed E-state index contributed by atoms with van der Waals surface area (Å²) in [6, 6.07) is 0.0600. The van der Waals surface area contributed by atoms with Crippen LogP contribution in [0, 0.1) is 17.3 Å². The summed E-state index contributed by atoms with van der Waals surface area (Å²) in [5.74, 6) is -1.05. The van der Waals surface area contributed by atoms with E-state index < -0.39 is 18.6 Å². The Morgan fingerprint density at radius 2 is 1.91 bits per heavy atom. The van der Waals surface area contributed by atoms with Crippen LogP contribution in [0.1, 0.15) is 40.0 Å². The zero-order valence-electron chi connectivity index (χ0n) is 14.4. The van der Waals surface area contributed by atoms with E-state index in [1.54, 1.807) is 0 Å². The molecule has 128 valence electrons. The van der Waals surface area contributed by atoms with Crippen LogP contribution in [-0.2, 0) is 4.79 Å². The molecule has 22 heavy (non-hydrogen) atoms. The molecule has 0 saturated heterocycles. The highest BCUT2D eigenvalue weighted by molar-refractivity contribution is 6.40. The van der Waals surface area contributed by atoms with Gasteiger partial charge in [-0.1, -0.05) is 20.3 Å². The highest BCUT2D eigenvalue weighted by atomic mass is 16.4. The van der Waals surface area contributed by atoms with E-state index in [-0.39, 0.29) is 29.6 Å². The van der Waals surface area contributed by atoms with Gasteiger partial charge in [0.05, 0.1) is 0 Å². The first kappa shape index (κ1) is 19.4. The summed E-state index contributed by atoms with van der Waals surface area (Å²) in [6.07, 6.45) is 1.89. The first-order valence-corrected chi connectivity index (χ1v) is 7.96. The summed E-state index contributed by atoms with van der Waals surface area (Å²) >= 11 is 0. The molecule has 0 aromatic heterocycles. The fraction of sp³-hybridized carbons (Fsp3) is 0.933. The molecule has 1 rings (SSSR count). The van der Waals surface area contributed by atoms with Gasteiger partial charge < -0.3 is 25.8 Å². The summed E-state index contributed by atoms with van der Waals surface area (Å²) in [5.41, 5.74) is 5.00. The minimum atomic E-state index is -1.36. The van der Waals surface area contributed by atoms with Gasteiger partial charge >= 0.3 is 13.1 Å². The third-order valence-corrected chi connectivity index (χ3v) is 5.67. The van der Waals surface area contributed by atoms with Crippen LogP contribution in [-0.4, -0.2) is 58.8 Å². The molecular weight excluding hydrogens is 283 g/mol. The quantitative estimate of drug-likeness (QED) is 0.536. The molecule has 4 atom stereocenters. The molecule has 0 aromatic rings. The van der Waals surface area contributed by atoms with Crippen LogP contribution >= 0.6 is 0 Å². The van der Waals surface area contributed by atoms with Gasteiger partial charge in [0.1, 0.15) is 5.54 Å². The van der Waals surface area contributed by atoms with Crippen molar-refractivity contribution in [3.63, 3.8) is 0 Å². The smallest absolute Gasteiger partial charge is 0.451 e. The largest absolute Gasteiger partial charge is 0.480 e. The van der Waals surface area contributed by atoms with Crippen molar-refractivity contribution >= 4 is 13.1 Å². The van der Waals surface area contributed by atoms with Crippen molar-refractivity contribution in [2.75, 3.05) is 14.1 Å². The molecule has 1 aliphatic carbocycles. The Morgan fingerprint density at radius 3 is 2.32 bits per heavy atom. The number of carboxylic acid groups (broad SMARTS) is 1. The van der Waals surface area contributed by atoms with Gasteiger partial charge in [-0.3, -0.25) is 4.79 Å². The molecule has 1 fully saturated rings. The second kappa shape index (κ2) is 6.87. The second-order valence-corrected chi connectivity index (χ2v) is 7.81. The molecule has 0 heterocycles. The standard InChI is InChI=1S/C15H31BN2O4/c1-10(18(4)5)12-9-14(2,3)11(6-7-16(21)22)8-15(12,17)13(19)20/h10-12,21-22H,6-9,17H2,1-5H3,(H,19,20)/t10?,11-,12-,15+/m0/s1. The highest BCUT2D eigenvalue weighted by Crippen LogP contribution is 2.50. The predicted molar refractivity (Wildman–Crippen MR) is 87.3 cm³/mol. The van der Waals surface area contributed by atoms with Crippen LogP contribution in [0.15, 0.2) is 0 Å². The van der Waals surface area contributed by atoms with Gasteiger partial charge in [-0.2, -0.15) is 0 Å². The van der Waals surface area contributed by atoms with Gasteiger partial charge in [0, 0.05) is 12.0 Å². The molecule has 6 nitrogen and oxygen atoms in total. The summed E-state index contributed by atoms with van der Waals surface area (Å²) in [6.45, 7) is 6.26. The van der Waals surface area contributed by atoms with Crippen LogP contribution in [0.4, 0.5) is 0 Å². The third-order valence-electron chi connectivity index (χ3n) is 5.67. The average Bonchev–Trinajstić information content (AvgIpc) is 2.38. The van der Waals surface area contributed by atoms with Crippen molar-refractivity contribution in [2.24, 2.45) is 23.0 Å². The predicted octanol–water partition coefficient (Wildman–Crippen LogP) is 0.634. The Labute approximate surface area is 133 Å². The van der Waals surface area contributed by atoms with Crippen molar-refractivity contribution in [3.05, 3.63) is 0 Å². The molecule has 0 spiro atoms. The Kier molecular flexibility index (Phi) is 6.06. The zero-order chi connectivity index (χ0) is 17.3. The molecule has 1 aliphatic rings. The number of rotatable bonds is 6. The van der Waals surface area contributed by atoms with Crippen molar-refractivity contribution in [1.82, 2.24) is 4.90 Å². The van der Waals surface area contributed by atoms with E-state index in [0.29, 0.717) is 19.3 Å². The number of carboxylic acids is 1. The van der Waals surface area contributed by atoms with Crippen LogP contribution < -0.4 is 5.73 Å². The van der Waals surface area contributed by atoms with Gasteiger partial charge in [-0.05, 0) is 51.5 Å². The van der Waals surface area contributed by atoms with Gasteiger partial charge in [0.2, 0.25) is 0 Å². The lowest BCUT2D eigenvalue weighted by atomic mass is 9.54. The monoisotopic (exact) mass is 314 g/mol. The Bertz CT molecular complexity index is 403. The number of aliphatic carboxylic acids is 1.